The molecule has 15 heavy (non-hydrogen) atoms. The molecule has 1 aromatic rings. The molecule has 1 nitrogen and oxygen atoms in total. The van der Waals surface area contributed by atoms with Gasteiger partial charge in [-0.15, -0.1) is 11.8 Å². The summed E-state index contributed by atoms with van der Waals surface area (Å²) in [6.45, 7) is 4.24. The number of hydrogen-bond donors (Lipinski definition) is 1. The van der Waals surface area contributed by atoms with Crippen molar-refractivity contribution in [1.82, 2.24) is 0 Å². The van der Waals surface area contributed by atoms with Gasteiger partial charge in [0.25, 0.3) is 0 Å². The molecule has 0 radical (unpaired) electrons. The molecule has 0 saturated carbocycles. The van der Waals surface area contributed by atoms with E-state index in [-0.39, 0.29) is 6.10 Å². The minimum absolute atomic E-state index is 0.228. The average molecular weight is 245 g/mol. The van der Waals surface area contributed by atoms with Gasteiger partial charge in [-0.05, 0) is 30.5 Å². The van der Waals surface area contributed by atoms with Gasteiger partial charge in [0, 0.05) is 15.7 Å². The Morgan fingerprint density at radius 1 is 1.40 bits per heavy atom. The zero-order valence-electron chi connectivity index (χ0n) is 9.11. The van der Waals surface area contributed by atoms with Crippen molar-refractivity contribution < 1.29 is 5.11 Å². The van der Waals surface area contributed by atoms with Crippen molar-refractivity contribution in [2.24, 2.45) is 5.92 Å². The first-order valence-electron chi connectivity index (χ1n) is 5.14. The molecule has 1 N–H and O–H groups in total. The Morgan fingerprint density at radius 2 is 2.13 bits per heavy atom. The van der Waals surface area contributed by atoms with Gasteiger partial charge in [0.05, 0.1) is 6.10 Å². The van der Waals surface area contributed by atoms with Gasteiger partial charge in [0.1, 0.15) is 0 Å². The quantitative estimate of drug-likeness (QED) is 0.795. The highest BCUT2D eigenvalue weighted by molar-refractivity contribution is 7.99. The molecule has 0 saturated heterocycles. The molecule has 0 aliphatic heterocycles. The molecule has 0 amide bonds. The summed E-state index contributed by atoms with van der Waals surface area (Å²) in [5, 5.41) is 10.4. The van der Waals surface area contributed by atoms with Crippen molar-refractivity contribution in [2.45, 2.75) is 31.3 Å². The molecule has 0 heterocycles. The second-order valence-corrected chi connectivity index (χ2v) is 5.58. The highest BCUT2D eigenvalue weighted by atomic mass is 35.5. The van der Waals surface area contributed by atoms with E-state index in [2.05, 4.69) is 13.8 Å². The summed E-state index contributed by atoms with van der Waals surface area (Å²) in [5.74, 6) is 1.28. The normalized spacial score (nSPS) is 13.1. The lowest BCUT2D eigenvalue weighted by atomic mass is 10.1. The SMILES string of the molecule is CC(C)CC(O)CSc1cccc(Cl)c1. The van der Waals surface area contributed by atoms with Crippen LogP contribution in [-0.2, 0) is 0 Å². The van der Waals surface area contributed by atoms with Crippen LogP contribution in [0.2, 0.25) is 5.02 Å². The molecule has 0 aliphatic carbocycles. The molecule has 0 bridgehead atoms. The summed E-state index contributed by atoms with van der Waals surface area (Å²) >= 11 is 7.52. The third kappa shape index (κ3) is 5.45. The van der Waals surface area contributed by atoms with Gasteiger partial charge in [0.2, 0.25) is 0 Å². The molecule has 1 atom stereocenters. The van der Waals surface area contributed by atoms with Gasteiger partial charge < -0.3 is 5.11 Å². The minimum Gasteiger partial charge on any atom is -0.392 e. The number of aliphatic hydroxyl groups excluding tert-OH is 1. The van der Waals surface area contributed by atoms with Gasteiger partial charge in [-0.25, -0.2) is 0 Å². The monoisotopic (exact) mass is 244 g/mol. The third-order valence-electron chi connectivity index (χ3n) is 1.98. The number of aliphatic hydroxyl groups is 1. The smallest absolute Gasteiger partial charge is 0.0636 e. The van der Waals surface area contributed by atoms with Crippen molar-refractivity contribution in [3.63, 3.8) is 0 Å². The van der Waals surface area contributed by atoms with E-state index in [1.54, 1.807) is 11.8 Å². The van der Waals surface area contributed by atoms with Crippen molar-refractivity contribution in [2.75, 3.05) is 5.75 Å². The standard InChI is InChI=1S/C12H17ClOS/c1-9(2)6-11(14)8-15-12-5-3-4-10(13)7-12/h3-5,7,9,11,14H,6,8H2,1-2H3. The minimum atomic E-state index is -0.228. The highest BCUT2D eigenvalue weighted by Crippen LogP contribution is 2.23. The number of rotatable bonds is 5. The first-order valence-corrected chi connectivity index (χ1v) is 6.50. The lowest BCUT2D eigenvalue weighted by molar-refractivity contribution is 0.172. The molecule has 1 rings (SSSR count). The predicted molar refractivity (Wildman–Crippen MR) is 67.6 cm³/mol. The fourth-order valence-corrected chi connectivity index (χ4v) is 2.52. The number of hydrogen-bond acceptors (Lipinski definition) is 2. The van der Waals surface area contributed by atoms with E-state index in [0.717, 1.165) is 22.1 Å². The van der Waals surface area contributed by atoms with Gasteiger partial charge in [0.15, 0.2) is 0 Å². The third-order valence-corrected chi connectivity index (χ3v) is 3.36. The molecular formula is C12H17ClOS. The maximum Gasteiger partial charge on any atom is 0.0636 e. The van der Waals surface area contributed by atoms with E-state index in [4.69, 9.17) is 11.6 Å². The Bertz CT molecular complexity index is 301. The fourth-order valence-electron chi connectivity index (χ4n) is 1.36. The van der Waals surface area contributed by atoms with Gasteiger partial charge in [-0.1, -0.05) is 31.5 Å². The second kappa shape index (κ2) is 6.41. The molecule has 0 fully saturated rings. The Morgan fingerprint density at radius 3 is 2.73 bits per heavy atom. The van der Waals surface area contributed by atoms with E-state index in [0.29, 0.717) is 5.92 Å². The van der Waals surface area contributed by atoms with Crippen LogP contribution in [-0.4, -0.2) is 17.0 Å². The molecule has 0 aliphatic rings. The zero-order valence-corrected chi connectivity index (χ0v) is 10.7. The van der Waals surface area contributed by atoms with E-state index in [1.165, 1.54) is 0 Å². The Labute approximate surface area is 101 Å². The second-order valence-electron chi connectivity index (χ2n) is 4.05. The Hall–Kier alpha value is -0.180. The van der Waals surface area contributed by atoms with Crippen LogP contribution < -0.4 is 0 Å². The van der Waals surface area contributed by atoms with E-state index < -0.39 is 0 Å². The summed E-state index contributed by atoms with van der Waals surface area (Å²) in [7, 11) is 0. The predicted octanol–water partition coefficient (Wildman–Crippen LogP) is 3.84. The molecule has 0 aromatic heterocycles. The van der Waals surface area contributed by atoms with Crippen LogP contribution in [0.3, 0.4) is 0 Å². The molecule has 1 aromatic carbocycles. The van der Waals surface area contributed by atoms with Gasteiger partial charge in [-0.2, -0.15) is 0 Å². The van der Waals surface area contributed by atoms with Crippen LogP contribution >= 0.6 is 23.4 Å². The zero-order chi connectivity index (χ0) is 11.3. The Balaban J connectivity index is 2.36. The van der Waals surface area contributed by atoms with E-state index in [1.807, 2.05) is 24.3 Å². The van der Waals surface area contributed by atoms with Crippen molar-refractivity contribution in [3.8, 4) is 0 Å². The van der Waals surface area contributed by atoms with Crippen molar-refractivity contribution >= 4 is 23.4 Å². The summed E-state index contributed by atoms with van der Waals surface area (Å²) in [6.07, 6.45) is 0.627. The van der Waals surface area contributed by atoms with Gasteiger partial charge >= 0.3 is 0 Å². The van der Waals surface area contributed by atoms with Crippen LogP contribution in [0.4, 0.5) is 0 Å². The number of benzene rings is 1. The van der Waals surface area contributed by atoms with Gasteiger partial charge in [-0.3, -0.25) is 0 Å². The van der Waals surface area contributed by atoms with Crippen LogP contribution in [0.25, 0.3) is 0 Å². The van der Waals surface area contributed by atoms with Crippen LogP contribution in [0.15, 0.2) is 29.2 Å². The topological polar surface area (TPSA) is 20.2 Å². The molecule has 3 heteroatoms. The van der Waals surface area contributed by atoms with Crippen molar-refractivity contribution in [3.05, 3.63) is 29.3 Å². The maximum absolute atomic E-state index is 9.70. The average Bonchev–Trinajstić information content (AvgIpc) is 2.14. The summed E-state index contributed by atoms with van der Waals surface area (Å²) in [5.41, 5.74) is 0. The van der Waals surface area contributed by atoms with E-state index >= 15 is 0 Å². The maximum atomic E-state index is 9.70. The highest BCUT2D eigenvalue weighted by Gasteiger charge is 2.07. The summed E-state index contributed by atoms with van der Waals surface area (Å²) in [4.78, 5) is 1.12. The molecule has 1 unspecified atom stereocenters. The lowest BCUT2D eigenvalue weighted by Crippen LogP contribution is -2.12. The number of halogens is 1. The fraction of sp³-hybridized carbons (Fsp3) is 0.500. The molecule has 0 spiro atoms. The molecule has 84 valence electrons. The van der Waals surface area contributed by atoms with E-state index in [9.17, 15) is 5.11 Å². The van der Waals surface area contributed by atoms with Crippen LogP contribution in [0, 0.1) is 5.92 Å². The molecular weight excluding hydrogens is 228 g/mol. The number of thioether (sulfide) groups is 1. The lowest BCUT2D eigenvalue weighted by Gasteiger charge is -2.12. The summed E-state index contributed by atoms with van der Waals surface area (Å²) in [6, 6.07) is 7.72. The Kier molecular flexibility index (Phi) is 5.51. The first kappa shape index (κ1) is 12.9. The van der Waals surface area contributed by atoms with Crippen molar-refractivity contribution in [1.29, 1.82) is 0 Å². The summed E-state index contributed by atoms with van der Waals surface area (Å²) < 4.78 is 0. The first-order chi connectivity index (χ1) is 7.08. The van der Waals surface area contributed by atoms with Crippen LogP contribution in [0.5, 0.6) is 0 Å². The largest absolute Gasteiger partial charge is 0.392 e. The van der Waals surface area contributed by atoms with Crippen LogP contribution in [0.1, 0.15) is 20.3 Å².